The smallest absolute Gasteiger partial charge is 0.337 e. The maximum Gasteiger partial charge on any atom is 0.433 e. The molecule has 1 aliphatic carbocycles. The van der Waals surface area contributed by atoms with Gasteiger partial charge in [0, 0.05) is 30.6 Å². The van der Waals surface area contributed by atoms with Crippen molar-refractivity contribution in [2.75, 3.05) is 13.1 Å². The average molecular weight is 405 g/mol. The van der Waals surface area contributed by atoms with E-state index in [1.54, 1.807) is 11.0 Å². The minimum atomic E-state index is -4.58. The van der Waals surface area contributed by atoms with Gasteiger partial charge in [-0.15, -0.1) is 0 Å². The highest BCUT2D eigenvalue weighted by atomic mass is 19.4. The zero-order chi connectivity index (χ0) is 20.2. The Morgan fingerprint density at radius 2 is 2.00 bits per heavy atom. The number of halogens is 3. The number of hydrogen-bond donors (Lipinski definition) is 1. The maximum absolute atomic E-state index is 13.4. The molecule has 1 atom stereocenters. The number of H-pyrrole nitrogens is 1. The fraction of sp³-hybridized carbons (Fsp3) is 0.500. The predicted molar refractivity (Wildman–Crippen MR) is 94.2 cm³/mol. The number of amides is 1. The summed E-state index contributed by atoms with van der Waals surface area (Å²) in [6.45, 7) is 0.833. The number of alkyl halides is 3. The molecular weight excluding hydrogens is 387 g/mol. The standard InChI is InChI=1S/C18H18F3N7O/c19-18(20,21)15-7-12(24-17-22-9-23-28(15)17)11-2-1-5-27(8-11)16(29)14-6-13(25-26-14)10-3-4-10/h6-7,9-11H,1-5,8H2,(H,25,26). The highest BCUT2D eigenvalue weighted by Crippen LogP contribution is 2.39. The van der Waals surface area contributed by atoms with Gasteiger partial charge in [-0.05, 0) is 37.8 Å². The first kappa shape index (κ1) is 18.1. The topological polar surface area (TPSA) is 92.1 Å². The minimum Gasteiger partial charge on any atom is -0.337 e. The number of carbonyl (C=O) groups excluding carboxylic acids is 1. The van der Waals surface area contributed by atoms with Crippen molar-refractivity contribution in [1.29, 1.82) is 0 Å². The van der Waals surface area contributed by atoms with Crippen LogP contribution in [0.4, 0.5) is 13.2 Å². The summed E-state index contributed by atoms with van der Waals surface area (Å²) in [6, 6.07) is 2.80. The number of aromatic amines is 1. The molecule has 1 saturated heterocycles. The zero-order valence-corrected chi connectivity index (χ0v) is 15.4. The van der Waals surface area contributed by atoms with Crippen LogP contribution in [0, 0.1) is 0 Å². The van der Waals surface area contributed by atoms with Gasteiger partial charge in [0.25, 0.3) is 11.7 Å². The highest BCUT2D eigenvalue weighted by Gasteiger charge is 2.37. The van der Waals surface area contributed by atoms with E-state index in [9.17, 15) is 18.0 Å². The fourth-order valence-corrected chi connectivity index (χ4v) is 3.86. The molecule has 1 aliphatic heterocycles. The zero-order valence-electron chi connectivity index (χ0n) is 15.4. The second-order valence-electron chi connectivity index (χ2n) is 7.61. The molecule has 3 aromatic heterocycles. The van der Waals surface area contributed by atoms with Crippen LogP contribution in [0.2, 0.25) is 0 Å². The summed E-state index contributed by atoms with van der Waals surface area (Å²) in [6.07, 6.45) is -0.0154. The molecule has 2 aliphatic rings. The number of carbonyl (C=O) groups is 1. The van der Waals surface area contributed by atoms with Crippen molar-refractivity contribution < 1.29 is 18.0 Å². The molecule has 8 nitrogen and oxygen atoms in total. The Balaban J connectivity index is 1.41. The minimum absolute atomic E-state index is 0.0975. The highest BCUT2D eigenvalue weighted by molar-refractivity contribution is 5.92. The number of hydrogen-bond acceptors (Lipinski definition) is 5. The number of rotatable bonds is 3. The largest absolute Gasteiger partial charge is 0.433 e. The molecule has 0 spiro atoms. The van der Waals surface area contributed by atoms with Crippen LogP contribution >= 0.6 is 0 Å². The van der Waals surface area contributed by atoms with E-state index in [1.165, 1.54) is 0 Å². The van der Waals surface area contributed by atoms with Crippen molar-refractivity contribution >= 4 is 11.7 Å². The first-order chi connectivity index (χ1) is 13.9. The number of piperidine rings is 1. The molecule has 1 amide bonds. The van der Waals surface area contributed by atoms with Crippen LogP contribution in [0.3, 0.4) is 0 Å². The van der Waals surface area contributed by atoms with Gasteiger partial charge < -0.3 is 4.90 Å². The Labute approximate surface area is 163 Å². The third-order valence-electron chi connectivity index (χ3n) is 5.52. The van der Waals surface area contributed by atoms with Gasteiger partial charge in [-0.3, -0.25) is 9.89 Å². The van der Waals surface area contributed by atoms with Crippen molar-refractivity contribution in [3.63, 3.8) is 0 Å². The Kier molecular flexibility index (Phi) is 4.07. The Morgan fingerprint density at radius 3 is 2.76 bits per heavy atom. The molecule has 0 aromatic carbocycles. The van der Waals surface area contributed by atoms with Crippen LogP contribution in [-0.2, 0) is 6.18 Å². The van der Waals surface area contributed by atoms with Gasteiger partial charge in [-0.2, -0.15) is 32.9 Å². The third-order valence-corrected chi connectivity index (χ3v) is 5.52. The van der Waals surface area contributed by atoms with Crippen molar-refractivity contribution in [3.05, 3.63) is 41.2 Å². The molecule has 2 fully saturated rings. The van der Waals surface area contributed by atoms with Gasteiger partial charge in [0.05, 0.1) is 5.69 Å². The lowest BCUT2D eigenvalue weighted by Gasteiger charge is -2.32. The predicted octanol–water partition coefficient (Wildman–Crippen LogP) is 2.76. The molecule has 29 heavy (non-hydrogen) atoms. The second-order valence-corrected chi connectivity index (χ2v) is 7.61. The fourth-order valence-electron chi connectivity index (χ4n) is 3.86. The van der Waals surface area contributed by atoms with Crippen LogP contribution < -0.4 is 0 Å². The van der Waals surface area contributed by atoms with E-state index in [4.69, 9.17) is 0 Å². The second kappa shape index (κ2) is 6.53. The van der Waals surface area contributed by atoms with Crippen molar-refractivity contribution in [2.24, 2.45) is 0 Å². The van der Waals surface area contributed by atoms with E-state index in [0.29, 0.717) is 42.1 Å². The molecule has 152 valence electrons. The molecule has 0 bridgehead atoms. The first-order valence-corrected chi connectivity index (χ1v) is 9.52. The quantitative estimate of drug-likeness (QED) is 0.724. The van der Waals surface area contributed by atoms with Gasteiger partial charge in [0.1, 0.15) is 12.0 Å². The van der Waals surface area contributed by atoms with Crippen LogP contribution in [-0.4, -0.2) is 53.7 Å². The molecule has 4 heterocycles. The number of likely N-dealkylation sites (tertiary alicyclic amines) is 1. The first-order valence-electron chi connectivity index (χ1n) is 9.52. The normalized spacial score (nSPS) is 20.4. The molecular formula is C18H18F3N7O. The molecule has 1 N–H and O–H groups in total. The molecule has 1 unspecified atom stereocenters. The van der Waals surface area contributed by atoms with E-state index in [1.807, 2.05) is 0 Å². The maximum atomic E-state index is 13.4. The lowest BCUT2D eigenvalue weighted by molar-refractivity contribution is -0.142. The monoisotopic (exact) mass is 405 g/mol. The van der Waals surface area contributed by atoms with E-state index in [0.717, 1.165) is 30.9 Å². The van der Waals surface area contributed by atoms with Gasteiger partial charge in [0.15, 0.2) is 5.69 Å². The SMILES string of the molecule is O=C(c1cc(C2CC2)[nH]n1)N1CCCC(c2cc(C(F)(F)F)n3ncnc3n2)C1. The summed E-state index contributed by atoms with van der Waals surface area (Å²) >= 11 is 0. The Bertz CT molecular complexity index is 1070. The summed E-state index contributed by atoms with van der Waals surface area (Å²) in [5, 5.41) is 10.7. The summed E-state index contributed by atoms with van der Waals surface area (Å²) in [4.78, 5) is 22.6. The van der Waals surface area contributed by atoms with Gasteiger partial charge in [0.2, 0.25) is 0 Å². The molecule has 3 aromatic rings. The van der Waals surface area contributed by atoms with Gasteiger partial charge in [-0.1, -0.05) is 0 Å². The lowest BCUT2D eigenvalue weighted by atomic mass is 9.94. The van der Waals surface area contributed by atoms with Crippen LogP contribution in [0.15, 0.2) is 18.5 Å². The average Bonchev–Trinajstić information content (AvgIpc) is 3.24. The number of aromatic nitrogens is 6. The Morgan fingerprint density at radius 1 is 1.17 bits per heavy atom. The summed E-state index contributed by atoms with van der Waals surface area (Å²) < 4.78 is 41.0. The molecule has 5 rings (SSSR count). The van der Waals surface area contributed by atoms with Gasteiger partial charge >= 0.3 is 6.18 Å². The molecule has 1 saturated carbocycles. The van der Waals surface area contributed by atoms with Crippen molar-refractivity contribution in [2.45, 2.75) is 43.7 Å². The van der Waals surface area contributed by atoms with Crippen molar-refractivity contribution in [3.8, 4) is 0 Å². The summed E-state index contributed by atoms with van der Waals surface area (Å²) in [5.41, 5.74) is 0.677. The number of nitrogens with one attached hydrogen (secondary N) is 1. The summed E-state index contributed by atoms with van der Waals surface area (Å²) in [5.74, 6) is -0.160. The van der Waals surface area contributed by atoms with Gasteiger partial charge in [-0.25, -0.2) is 4.98 Å². The van der Waals surface area contributed by atoms with Crippen LogP contribution in [0.1, 0.15) is 65.1 Å². The third kappa shape index (κ3) is 3.34. The van der Waals surface area contributed by atoms with E-state index < -0.39 is 11.9 Å². The summed E-state index contributed by atoms with van der Waals surface area (Å²) in [7, 11) is 0. The molecule has 11 heteroatoms. The van der Waals surface area contributed by atoms with E-state index >= 15 is 0 Å². The van der Waals surface area contributed by atoms with Crippen LogP contribution in [0.5, 0.6) is 0 Å². The van der Waals surface area contributed by atoms with E-state index in [-0.39, 0.29) is 23.3 Å². The van der Waals surface area contributed by atoms with Crippen LogP contribution in [0.25, 0.3) is 5.78 Å². The molecule has 0 radical (unpaired) electrons. The number of fused-ring (bicyclic) bond motifs is 1. The Hall–Kier alpha value is -2.98. The number of nitrogens with zero attached hydrogens (tertiary/aromatic N) is 6. The van der Waals surface area contributed by atoms with Crippen molar-refractivity contribution in [1.82, 2.24) is 34.7 Å². The van der Waals surface area contributed by atoms with E-state index in [2.05, 4.69) is 25.3 Å². The lowest BCUT2D eigenvalue weighted by Crippen LogP contribution is -2.39.